The third-order valence-electron chi connectivity index (χ3n) is 8.29. The fourth-order valence-electron chi connectivity index (χ4n) is 6.13. The van der Waals surface area contributed by atoms with Crippen molar-refractivity contribution in [1.29, 1.82) is 0 Å². The number of likely N-dealkylation sites (tertiary alicyclic amines) is 1. The molecule has 0 radical (unpaired) electrons. The van der Waals surface area contributed by atoms with E-state index >= 15 is 0 Å². The minimum Gasteiger partial charge on any atom is -0.342 e. The van der Waals surface area contributed by atoms with Gasteiger partial charge < -0.3 is 4.90 Å². The SMILES string of the molecule is CC1CCCCC(C(=O)N2CCC(CCC(c3ccccc3)c3ccccc3)CC2)CCC1. The quantitative estimate of drug-likeness (QED) is 0.443. The Morgan fingerprint density at radius 1 is 0.788 bits per heavy atom. The Morgan fingerprint density at radius 2 is 1.33 bits per heavy atom. The van der Waals surface area contributed by atoms with Crippen molar-refractivity contribution in [2.45, 2.75) is 83.5 Å². The molecule has 0 aromatic heterocycles. The van der Waals surface area contributed by atoms with Crippen molar-refractivity contribution in [3.63, 3.8) is 0 Å². The average Bonchev–Trinajstić information content (AvgIpc) is 2.97. The minimum atomic E-state index is 0.285. The van der Waals surface area contributed by atoms with E-state index in [1.54, 1.807) is 0 Å². The third-order valence-corrected chi connectivity index (χ3v) is 8.29. The van der Waals surface area contributed by atoms with Gasteiger partial charge in [-0.3, -0.25) is 4.79 Å². The van der Waals surface area contributed by atoms with E-state index in [1.807, 2.05) is 0 Å². The van der Waals surface area contributed by atoms with Crippen LogP contribution in [0.1, 0.15) is 94.6 Å². The summed E-state index contributed by atoms with van der Waals surface area (Å²) >= 11 is 0. The maximum Gasteiger partial charge on any atom is 0.225 e. The predicted octanol–water partition coefficient (Wildman–Crippen LogP) is 7.83. The molecule has 2 atom stereocenters. The van der Waals surface area contributed by atoms with Gasteiger partial charge in [0.2, 0.25) is 5.91 Å². The van der Waals surface area contributed by atoms with E-state index in [9.17, 15) is 4.79 Å². The number of amides is 1. The van der Waals surface area contributed by atoms with Crippen LogP contribution in [0.3, 0.4) is 0 Å². The lowest BCUT2D eigenvalue weighted by Gasteiger charge is -2.35. The minimum absolute atomic E-state index is 0.285. The van der Waals surface area contributed by atoms with Crippen LogP contribution in [0.2, 0.25) is 0 Å². The van der Waals surface area contributed by atoms with E-state index in [-0.39, 0.29) is 5.92 Å². The zero-order chi connectivity index (χ0) is 22.9. The Kier molecular flexibility index (Phi) is 9.03. The highest BCUT2D eigenvalue weighted by Gasteiger charge is 2.29. The molecule has 0 spiro atoms. The summed E-state index contributed by atoms with van der Waals surface area (Å²) in [6, 6.07) is 22.0. The van der Waals surface area contributed by atoms with Gasteiger partial charge in [-0.1, -0.05) is 99.7 Å². The molecule has 33 heavy (non-hydrogen) atoms. The fourth-order valence-corrected chi connectivity index (χ4v) is 6.13. The van der Waals surface area contributed by atoms with E-state index < -0.39 is 0 Å². The van der Waals surface area contributed by atoms with Crippen LogP contribution in [0.25, 0.3) is 0 Å². The van der Waals surface area contributed by atoms with Crippen molar-refractivity contribution in [1.82, 2.24) is 4.90 Å². The molecule has 2 heteroatoms. The molecule has 0 bridgehead atoms. The van der Waals surface area contributed by atoms with Gasteiger partial charge in [0.25, 0.3) is 0 Å². The smallest absolute Gasteiger partial charge is 0.225 e. The van der Waals surface area contributed by atoms with Crippen molar-refractivity contribution in [3.8, 4) is 0 Å². The van der Waals surface area contributed by atoms with E-state index in [0.717, 1.165) is 37.8 Å². The van der Waals surface area contributed by atoms with E-state index in [1.165, 1.54) is 68.9 Å². The van der Waals surface area contributed by atoms with Gasteiger partial charge in [0.15, 0.2) is 0 Å². The highest BCUT2D eigenvalue weighted by molar-refractivity contribution is 5.78. The summed E-state index contributed by atoms with van der Waals surface area (Å²) in [6.07, 6.45) is 13.4. The highest BCUT2D eigenvalue weighted by Crippen LogP contribution is 2.34. The molecule has 0 N–H and O–H groups in total. The highest BCUT2D eigenvalue weighted by atomic mass is 16.2. The van der Waals surface area contributed by atoms with E-state index in [4.69, 9.17) is 0 Å². The molecule has 2 aliphatic rings. The molecule has 2 fully saturated rings. The molecule has 2 aromatic rings. The van der Waals surface area contributed by atoms with E-state index in [0.29, 0.717) is 11.8 Å². The Morgan fingerprint density at radius 3 is 1.97 bits per heavy atom. The Balaban J connectivity index is 1.29. The Bertz CT molecular complexity index is 785. The lowest BCUT2D eigenvalue weighted by atomic mass is 9.82. The molecule has 2 unspecified atom stereocenters. The molecule has 1 aliphatic carbocycles. The van der Waals surface area contributed by atoms with Crippen LogP contribution in [0.5, 0.6) is 0 Å². The first-order chi connectivity index (χ1) is 16.2. The van der Waals surface area contributed by atoms with Crippen LogP contribution >= 0.6 is 0 Å². The lowest BCUT2D eigenvalue weighted by molar-refractivity contribution is -0.137. The summed E-state index contributed by atoms with van der Waals surface area (Å²) in [5.74, 6) is 2.80. The molecular formula is C31H43NO. The fraction of sp³-hybridized carbons (Fsp3) is 0.581. The van der Waals surface area contributed by atoms with Gasteiger partial charge >= 0.3 is 0 Å². The number of piperidine rings is 1. The molecule has 1 heterocycles. The normalized spacial score (nSPS) is 23.0. The Hall–Kier alpha value is -2.09. The van der Waals surface area contributed by atoms with Gasteiger partial charge in [0.05, 0.1) is 0 Å². The van der Waals surface area contributed by atoms with Crippen molar-refractivity contribution in [3.05, 3.63) is 71.8 Å². The van der Waals surface area contributed by atoms with Gasteiger partial charge in [-0.15, -0.1) is 0 Å². The standard InChI is InChI=1S/C31H43NO/c1-25-11-8-9-17-29(18-10-12-25)31(33)32-23-21-26(22-24-32)19-20-30(27-13-4-2-5-14-27)28-15-6-3-7-16-28/h2-7,13-16,25-26,29-30H,8-12,17-24H2,1H3. The van der Waals surface area contributed by atoms with Gasteiger partial charge in [0.1, 0.15) is 0 Å². The van der Waals surface area contributed by atoms with Crippen molar-refractivity contribution in [2.75, 3.05) is 13.1 Å². The summed E-state index contributed by atoms with van der Waals surface area (Å²) in [5.41, 5.74) is 2.84. The molecule has 4 rings (SSSR count). The van der Waals surface area contributed by atoms with Gasteiger partial charge in [0, 0.05) is 24.9 Å². The predicted molar refractivity (Wildman–Crippen MR) is 138 cm³/mol. The molecule has 2 aromatic carbocycles. The number of hydrogen-bond donors (Lipinski definition) is 0. The second-order valence-electron chi connectivity index (χ2n) is 10.7. The number of carbonyl (C=O) groups is 1. The topological polar surface area (TPSA) is 20.3 Å². The molecule has 2 nitrogen and oxygen atoms in total. The largest absolute Gasteiger partial charge is 0.342 e. The van der Waals surface area contributed by atoms with Crippen LogP contribution in [-0.4, -0.2) is 23.9 Å². The van der Waals surface area contributed by atoms with Gasteiger partial charge in [-0.25, -0.2) is 0 Å². The maximum atomic E-state index is 13.3. The monoisotopic (exact) mass is 445 g/mol. The second kappa shape index (κ2) is 12.4. The molecule has 1 amide bonds. The van der Waals surface area contributed by atoms with E-state index in [2.05, 4.69) is 72.5 Å². The molecule has 1 saturated carbocycles. The molecule has 178 valence electrons. The Labute approximate surface area is 201 Å². The summed E-state index contributed by atoms with van der Waals surface area (Å²) in [5, 5.41) is 0. The van der Waals surface area contributed by atoms with Gasteiger partial charge in [-0.05, 0) is 61.5 Å². The number of carbonyl (C=O) groups excluding carboxylic acids is 1. The number of rotatable bonds is 6. The molecule has 1 saturated heterocycles. The maximum absolute atomic E-state index is 13.3. The zero-order valence-corrected chi connectivity index (χ0v) is 20.6. The first-order valence-corrected chi connectivity index (χ1v) is 13.6. The lowest BCUT2D eigenvalue weighted by Crippen LogP contribution is -2.42. The number of hydrogen-bond acceptors (Lipinski definition) is 1. The van der Waals surface area contributed by atoms with Crippen LogP contribution < -0.4 is 0 Å². The summed E-state index contributed by atoms with van der Waals surface area (Å²) in [4.78, 5) is 15.5. The number of benzene rings is 2. The third kappa shape index (κ3) is 6.95. The first-order valence-electron chi connectivity index (χ1n) is 13.6. The van der Waals surface area contributed by atoms with Crippen molar-refractivity contribution >= 4 is 5.91 Å². The zero-order valence-electron chi connectivity index (χ0n) is 20.6. The van der Waals surface area contributed by atoms with Crippen LogP contribution in [-0.2, 0) is 4.79 Å². The van der Waals surface area contributed by atoms with Crippen LogP contribution in [0, 0.1) is 17.8 Å². The summed E-state index contributed by atoms with van der Waals surface area (Å²) in [6.45, 7) is 4.32. The van der Waals surface area contributed by atoms with Crippen molar-refractivity contribution in [2.24, 2.45) is 17.8 Å². The second-order valence-corrected chi connectivity index (χ2v) is 10.7. The van der Waals surface area contributed by atoms with Crippen molar-refractivity contribution < 1.29 is 4.79 Å². The van der Waals surface area contributed by atoms with Crippen LogP contribution in [0.15, 0.2) is 60.7 Å². The molecule has 1 aliphatic heterocycles. The summed E-state index contributed by atoms with van der Waals surface area (Å²) in [7, 11) is 0. The van der Waals surface area contributed by atoms with Crippen LogP contribution in [0.4, 0.5) is 0 Å². The number of nitrogens with zero attached hydrogens (tertiary/aromatic N) is 1. The first kappa shape index (κ1) is 24.0. The van der Waals surface area contributed by atoms with Gasteiger partial charge in [-0.2, -0.15) is 0 Å². The average molecular weight is 446 g/mol. The summed E-state index contributed by atoms with van der Waals surface area (Å²) < 4.78 is 0. The molecular weight excluding hydrogens is 402 g/mol.